The topological polar surface area (TPSA) is 21.3 Å². The van der Waals surface area contributed by atoms with Crippen molar-refractivity contribution < 1.29 is 9.13 Å². The van der Waals surface area contributed by atoms with Crippen molar-refractivity contribution >= 4 is 0 Å². The molecule has 1 atom stereocenters. The molecule has 2 rings (SSSR count). The number of fused-ring (bicyclic) bond motifs is 1. The van der Waals surface area contributed by atoms with Crippen LogP contribution >= 0.6 is 0 Å². The second kappa shape index (κ2) is 3.74. The highest BCUT2D eigenvalue weighted by atomic mass is 19.1. The van der Waals surface area contributed by atoms with Gasteiger partial charge in [-0.05, 0) is 39.4 Å². The minimum absolute atomic E-state index is 0.0265. The van der Waals surface area contributed by atoms with Gasteiger partial charge >= 0.3 is 0 Å². The Morgan fingerprint density at radius 1 is 1.44 bits per heavy atom. The van der Waals surface area contributed by atoms with E-state index < -0.39 is 0 Å². The van der Waals surface area contributed by atoms with Crippen LogP contribution in [-0.2, 0) is 0 Å². The summed E-state index contributed by atoms with van der Waals surface area (Å²) < 4.78 is 19.7. The van der Waals surface area contributed by atoms with Crippen LogP contribution in [0.4, 0.5) is 4.39 Å². The molecule has 1 unspecified atom stereocenters. The van der Waals surface area contributed by atoms with Gasteiger partial charge in [-0.2, -0.15) is 0 Å². The summed E-state index contributed by atoms with van der Waals surface area (Å²) in [4.78, 5) is 0. The van der Waals surface area contributed by atoms with Crippen molar-refractivity contribution in [1.29, 1.82) is 0 Å². The Balaban J connectivity index is 2.58. The molecule has 0 bridgehead atoms. The van der Waals surface area contributed by atoms with Crippen LogP contribution in [0.2, 0.25) is 0 Å². The first kappa shape index (κ1) is 11.4. The monoisotopic (exact) mass is 223 g/mol. The Morgan fingerprint density at radius 3 is 2.75 bits per heavy atom. The van der Waals surface area contributed by atoms with E-state index in [1.807, 2.05) is 27.8 Å². The Labute approximate surface area is 95.8 Å². The molecule has 1 aliphatic rings. The summed E-state index contributed by atoms with van der Waals surface area (Å²) in [7, 11) is 1.86. The van der Waals surface area contributed by atoms with Crippen LogP contribution in [0.1, 0.15) is 37.4 Å². The molecular weight excluding hydrogens is 205 g/mol. The Bertz CT molecular complexity index is 415. The highest BCUT2D eigenvalue weighted by molar-refractivity contribution is 5.45. The average molecular weight is 223 g/mol. The quantitative estimate of drug-likeness (QED) is 0.790. The van der Waals surface area contributed by atoms with Gasteiger partial charge in [-0.3, -0.25) is 0 Å². The van der Waals surface area contributed by atoms with E-state index in [2.05, 4.69) is 5.32 Å². The van der Waals surface area contributed by atoms with E-state index >= 15 is 0 Å². The van der Waals surface area contributed by atoms with Crippen molar-refractivity contribution in [3.05, 3.63) is 29.1 Å². The molecule has 0 radical (unpaired) electrons. The van der Waals surface area contributed by atoms with E-state index in [4.69, 9.17) is 4.74 Å². The molecule has 0 spiro atoms. The zero-order chi connectivity index (χ0) is 11.9. The minimum atomic E-state index is -0.251. The maximum absolute atomic E-state index is 13.8. The Hall–Kier alpha value is -1.09. The molecule has 2 nitrogen and oxygen atoms in total. The molecule has 88 valence electrons. The molecule has 1 aromatic carbocycles. The van der Waals surface area contributed by atoms with Crippen LogP contribution in [0.25, 0.3) is 0 Å². The summed E-state index contributed by atoms with van der Waals surface area (Å²) in [6, 6.07) is 3.31. The van der Waals surface area contributed by atoms with Gasteiger partial charge in [-0.15, -0.1) is 0 Å². The molecule has 0 aliphatic carbocycles. The van der Waals surface area contributed by atoms with Crippen molar-refractivity contribution in [3.63, 3.8) is 0 Å². The summed E-state index contributed by atoms with van der Waals surface area (Å²) in [5.41, 5.74) is 1.41. The predicted molar refractivity (Wildman–Crippen MR) is 62.3 cm³/mol. The van der Waals surface area contributed by atoms with E-state index in [9.17, 15) is 4.39 Å². The predicted octanol–water partition coefficient (Wildman–Crippen LogP) is 2.96. The normalized spacial score (nSPS) is 22.4. The summed E-state index contributed by atoms with van der Waals surface area (Å²) in [6.45, 7) is 6.02. The van der Waals surface area contributed by atoms with Crippen molar-refractivity contribution in [1.82, 2.24) is 5.32 Å². The van der Waals surface area contributed by atoms with Gasteiger partial charge < -0.3 is 10.1 Å². The number of benzene rings is 1. The lowest BCUT2D eigenvalue weighted by atomic mass is 9.88. The van der Waals surface area contributed by atoms with E-state index in [1.165, 1.54) is 6.07 Å². The van der Waals surface area contributed by atoms with Gasteiger partial charge in [0.1, 0.15) is 17.2 Å². The summed E-state index contributed by atoms with van der Waals surface area (Å²) in [5, 5.41) is 3.16. The van der Waals surface area contributed by atoms with Crippen molar-refractivity contribution in [2.75, 3.05) is 7.05 Å². The fourth-order valence-corrected chi connectivity index (χ4v) is 2.30. The van der Waals surface area contributed by atoms with Gasteiger partial charge in [0.15, 0.2) is 0 Å². The number of nitrogens with one attached hydrogen (secondary N) is 1. The largest absolute Gasteiger partial charge is 0.487 e. The third-order valence-corrected chi connectivity index (χ3v) is 3.11. The van der Waals surface area contributed by atoms with Crippen LogP contribution in [-0.4, -0.2) is 12.6 Å². The number of ether oxygens (including phenoxy) is 1. The van der Waals surface area contributed by atoms with E-state index in [0.29, 0.717) is 11.3 Å². The molecule has 1 heterocycles. The maximum atomic E-state index is 13.8. The smallest absolute Gasteiger partial charge is 0.131 e. The maximum Gasteiger partial charge on any atom is 0.131 e. The second-order valence-corrected chi connectivity index (χ2v) is 5.01. The van der Waals surface area contributed by atoms with Crippen molar-refractivity contribution in [3.8, 4) is 5.75 Å². The second-order valence-electron chi connectivity index (χ2n) is 5.01. The number of hydrogen-bond donors (Lipinski definition) is 1. The van der Waals surface area contributed by atoms with Gasteiger partial charge in [0.2, 0.25) is 0 Å². The third kappa shape index (κ3) is 1.80. The summed E-state index contributed by atoms with van der Waals surface area (Å²) in [5.74, 6) is 0.519. The van der Waals surface area contributed by atoms with Crippen LogP contribution < -0.4 is 10.1 Å². The van der Waals surface area contributed by atoms with Gasteiger partial charge in [0, 0.05) is 18.0 Å². The Kier molecular flexibility index (Phi) is 2.66. The number of rotatable bonds is 1. The van der Waals surface area contributed by atoms with Crippen LogP contribution in [0.15, 0.2) is 12.1 Å². The molecular formula is C13H18FNO. The molecule has 0 amide bonds. The molecule has 1 aliphatic heterocycles. The first-order chi connectivity index (χ1) is 7.44. The standard InChI is InChI=1S/C13H18FNO/c1-8-5-6-9(14)11-10(15-4)7-13(2,3)16-12(8)11/h5-6,10,15H,7H2,1-4H3. The number of halogens is 1. The highest BCUT2D eigenvalue weighted by Gasteiger charge is 2.35. The first-order valence-electron chi connectivity index (χ1n) is 5.60. The average Bonchev–Trinajstić information content (AvgIpc) is 2.21. The minimum Gasteiger partial charge on any atom is -0.487 e. The molecule has 1 aromatic rings. The van der Waals surface area contributed by atoms with Crippen molar-refractivity contribution in [2.45, 2.75) is 38.8 Å². The lowest BCUT2D eigenvalue weighted by Crippen LogP contribution is -2.39. The highest BCUT2D eigenvalue weighted by Crippen LogP contribution is 2.42. The molecule has 3 heteroatoms. The SMILES string of the molecule is CNC1CC(C)(C)Oc2c(C)ccc(F)c21. The summed E-state index contributed by atoms with van der Waals surface area (Å²) in [6.07, 6.45) is 0.775. The molecule has 0 aromatic heterocycles. The molecule has 1 N–H and O–H groups in total. The molecule has 0 saturated carbocycles. The van der Waals surface area contributed by atoms with Gasteiger partial charge in [0.05, 0.1) is 0 Å². The van der Waals surface area contributed by atoms with Gasteiger partial charge in [-0.1, -0.05) is 6.07 Å². The van der Waals surface area contributed by atoms with E-state index in [-0.39, 0.29) is 17.5 Å². The van der Waals surface area contributed by atoms with E-state index in [0.717, 1.165) is 12.0 Å². The fraction of sp³-hybridized carbons (Fsp3) is 0.538. The fourth-order valence-electron chi connectivity index (χ4n) is 2.30. The van der Waals surface area contributed by atoms with Crippen LogP contribution in [0, 0.1) is 12.7 Å². The van der Waals surface area contributed by atoms with E-state index in [1.54, 1.807) is 6.07 Å². The molecule has 0 saturated heterocycles. The van der Waals surface area contributed by atoms with Crippen LogP contribution in [0.3, 0.4) is 0 Å². The molecule has 16 heavy (non-hydrogen) atoms. The van der Waals surface area contributed by atoms with Crippen LogP contribution in [0.5, 0.6) is 5.75 Å². The number of aryl methyl sites for hydroxylation is 1. The lowest BCUT2D eigenvalue weighted by Gasteiger charge is -2.38. The first-order valence-corrected chi connectivity index (χ1v) is 5.60. The number of hydrogen-bond acceptors (Lipinski definition) is 2. The third-order valence-electron chi connectivity index (χ3n) is 3.11. The summed E-state index contributed by atoms with van der Waals surface area (Å²) >= 11 is 0. The zero-order valence-electron chi connectivity index (χ0n) is 10.2. The van der Waals surface area contributed by atoms with Gasteiger partial charge in [-0.25, -0.2) is 4.39 Å². The molecule has 0 fully saturated rings. The zero-order valence-corrected chi connectivity index (χ0v) is 10.2. The van der Waals surface area contributed by atoms with Gasteiger partial charge in [0.25, 0.3) is 0 Å². The Morgan fingerprint density at radius 2 is 2.12 bits per heavy atom. The van der Waals surface area contributed by atoms with Crippen molar-refractivity contribution in [2.24, 2.45) is 0 Å². The lowest BCUT2D eigenvalue weighted by molar-refractivity contribution is 0.0648.